The first-order valence-corrected chi connectivity index (χ1v) is 21.8. The standard InChI is InChI=1S/C28H52N2O4.C20H32O2/c1-25(2)17-21(18-26(3,4)29-25)33-23(31)15-13-11-9-10-12-14-16-24(32)34-22-19-27(5,6)30-28(7,8)20-22;1-9-22-18(21)11-10-15-12-16(19(3,4)5)14(2)17(13-15)20(6,7)8/h21-22,29-30H,9-20H2,1-8H3;12-13H,9-11H2,1-8H3. The normalized spacial score (nSPS) is 19.4. The van der Waals surface area contributed by atoms with E-state index in [4.69, 9.17) is 14.2 Å². The Morgan fingerprint density at radius 3 is 1.25 bits per heavy atom. The van der Waals surface area contributed by atoms with Crippen molar-refractivity contribution in [2.24, 2.45) is 0 Å². The summed E-state index contributed by atoms with van der Waals surface area (Å²) in [6.07, 6.45) is 11.6. The van der Waals surface area contributed by atoms with Gasteiger partial charge in [-0.15, -0.1) is 0 Å². The summed E-state index contributed by atoms with van der Waals surface area (Å²) < 4.78 is 16.6. The van der Waals surface area contributed by atoms with E-state index >= 15 is 0 Å². The molecule has 8 heteroatoms. The number of hydrogen-bond donors (Lipinski definition) is 2. The molecule has 1 aromatic rings. The van der Waals surface area contributed by atoms with E-state index in [0.29, 0.717) is 25.9 Å². The van der Waals surface area contributed by atoms with Gasteiger partial charge in [-0.3, -0.25) is 14.4 Å². The molecular formula is C48H84N2O6. The van der Waals surface area contributed by atoms with Crippen LogP contribution in [-0.2, 0) is 45.8 Å². The molecular weight excluding hydrogens is 701 g/mol. The minimum atomic E-state index is -0.113. The maximum Gasteiger partial charge on any atom is 0.306 e. The largest absolute Gasteiger partial charge is 0.466 e. The maximum absolute atomic E-state index is 12.3. The fourth-order valence-corrected chi connectivity index (χ4v) is 9.32. The molecule has 2 N–H and O–H groups in total. The average Bonchev–Trinajstić information content (AvgIpc) is 2.98. The number of piperidine rings is 2. The van der Waals surface area contributed by atoms with E-state index < -0.39 is 0 Å². The van der Waals surface area contributed by atoms with Crippen LogP contribution < -0.4 is 10.6 Å². The topological polar surface area (TPSA) is 103 Å². The molecule has 2 aliphatic rings. The van der Waals surface area contributed by atoms with Crippen LogP contribution in [0.25, 0.3) is 0 Å². The van der Waals surface area contributed by atoms with Gasteiger partial charge in [-0.05, 0) is 122 Å². The van der Waals surface area contributed by atoms with Gasteiger partial charge in [0.15, 0.2) is 0 Å². The van der Waals surface area contributed by atoms with Crippen molar-refractivity contribution in [1.29, 1.82) is 0 Å². The van der Waals surface area contributed by atoms with E-state index in [0.717, 1.165) is 70.6 Å². The van der Waals surface area contributed by atoms with Crippen LogP contribution in [0.3, 0.4) is 0 Å². The first-order valence-electron chi connectivity index (χ1n) is 21.8. The molecule has 2 saturated heterocycles. The van der Waals surface area contributed by atoms with Crippen molar-refractivity contribution in [1.82, 2.24) is 10.6 Å². The van der Waals surface area contributed by atoms with Crippen LogP contribution in [0.4, 0.5) is 0 Å². The Morgan fingerprint density at radius 1 is 0.589 bits per heavy atom. The van der Waals surface area contributed by atoms with E-state index in [-0.39, 0.29) is 63.1 Å². The zero-order valence-electron chi connectivity index (χ0n) is 38.9. The fraction of sp³-hybridized carbons (Fsp3) is 0.812. The van der Waals surface area contributed by atoms with Gasteiger partial charge in [-0.2, -0.15) is 0 Å². The van der Waals surface area contributed by atoms with Crippen LogP contribution in [0.2, 0.25) is 0 Å². The SMILES string of the molecule is CC1(C)CC(OC(=O)CCCCCCCCC(=O)OC2CC(C)(C)NC(C)(C)C2)CC(C)(C)N1.CCOC(=O)CCc1cc(C(C)(C)C)c(C)c(C(C)(C)C)c1. The predicted octanol–water partition coefficient (Wildman–Crippen LogP) is 10.9. The number of carbonyl (C=O) groups is 3. The summed E-state index contributed by atoms with van der Waals surface area (Å²) in [5, 5.41) is 7.25. The molecule has 0 bridgehead atoms. The van der Waals surface area contributed by atoms with E-state index in [1.54, 1.807) is 0 Å². The lowest BCUT2D eigenvalue weighted by Gasteiger charge is -2.46. The van der Waals surface area contributed by atoms with Crippen molar-refractivity contribution in [3.05, 3.63) is 34.4 Å². The molecule has 56 heavy (non-hydrogen) atoms. The highest BCUT2D eigenvalue weighted by Gasteiger charge is 2.40. The Labute approximate surface area is 343 Å². The van der Waals surface area contributed by atoms with E-state index in [9.17, 15) is 14.4 Å². The van der Waals surface area contributed by atoms with Gasteiger partial charge >= 0.3 is 17.9 Å². The van der Waals surface area contributed by atoms with Crippen LogP contribution in [0.1, 0.15) is 210 Å². The number of ether oxygens (including phenoxy) is 3. The molecule has 0 saturated carbocycles. The number of rotatable bonds is 15. The zero-order valence-corrected chi connectivity index (χ0v) is 38.9. The summed E-state index contributed by atoms with van der Waals surface area (Å²) in [5.41, 5.74) is 5.50. The summed E-state index contributed by atoms with van der Waals surface area (Å²) in [7, 11) is 0. The van der Waals surface area contributed by atoms with E-state index in [1.165, 1.54) is 22.3 Å². The lowest BCUT2D eigenvalue weighted by Crippen LogP contribution is -2.59. The number of aryl methyl sites for hydroxylation is 1. The number of unbranched alkanes of at least 4 members (excludes halogenated alkanes) is 5. The quantitative estimate of drug-likeness (QED) is 0.103. The summed E-state index contributed by atoms with van der Waals surface area (Å²) in [6, 6.07) is 4.54. The highest BCUT2D eigenvalue weighted by Crippen LogP contribution is 2.35. The Balaban J connectivity index is 0.000000425. The molecule has 0 radical (unpaired) electrons. The van der Waals surface area contributed by atoms with Crippen molar-refractivity contribution in [3.63, 3.8) is 0 Å². The summed E-state index contributed by atoms with van der Waals surface area (Å²) >= 11 is 0. The highest BCUT2D eigenvalue weighted by molar-refractivity contribution is 5.70. The zero-order chi connectivity index (χ0) is 42.8. The molecule has 0 aliphatic carbocycles. The van der Waals surface area contributed by atoms with Crippen LogP contribution in [0, 0.1) is 6.92 Å². The van der Waals surface area contributed by atoms with Gasteiger partial charge in [0.25, 0.3) is 0 Å². The molecule has 0 unspecified atom stereocenters. The molecule has 0 aromatic heterocycles. The highest BCUT2D eigenvalue weighted by atomic mass is 16.5. The van der Waals surface area contributed by atoms with Gasteiger partial charge < -0.3 is 24.8 Å². The smallest absolute Gasteiger partial charge is 0.306 e. The number of benzene rings is 1. The lowest BCUT2D eigenvalue weighted by molar-refractivity contribution is -0.154. The number of hydrogen-bond acceptors (Lipinski definition) is 8. The van der Waals surface area contributed by atoms with Gasteiger partial charge in [-0.25, -0.2) is 0 Å². The van der Waals surface area contributed by atoms with Gasteiger partial charge in [0.1, 0.15) is 12.2 Å². The minimum Gasteiger partial charge on any atom is -0.466 e. The second-order valence-electron chi connectivity index (χ2n) is 21.6. The second-order valence-corrected chi connectivity index (χ2v) is 21.6. The predicted molar refractivity (Wildman–Crippen MR) is 231 cm³/mol. The Hall–Kier alpha value is -2.45. The maximum atomic E-state index is 12.3. The molecule has 2 aliphatic heterocycles. The molecule has 0 spiro atoms. The molecule has 2 fully saturated rings. The van der Waals surface area contributed by atoms with E-state index in [2.05, 4.69) is 127 Å². The lowest BCUT2D eigenvalue weighted by atomic mass is 9.75. The van der Waals surface area contributed by atoms with Gasteiger partial charge in [0.2, 0.25) is 0 Å². The van der Waals surface area contributed by atoms with Crippen LogP contribution in [-0.4, -0.2) is 58.9 Å². The van der Waals surface area contributed by atoms with E-state index in [1.807, 2.05) is 6.92 Å². The van der Waals surface area contributed by atoms with Crippen molar-refractivity contribution in [2.45, 2.75) is 246 Å². The average molecular weight is 785 g/mol. The van der Waals surface area contributed by atoms with Crippen LogP contribution >= 0.6 is 0 Å². The molecule has 3 rings (SSSR count). The number of esters is 3. The second kappa shape index (κ2) is 20.5. The number of carbonyl (C=O) groups excluding carboxylic acids is 3. The van der Waals surface area contributed by atoms with Crippen LogP contribution in [0.5, 0.6) is 0 Å². The summed E-state index contributed by atoms with van der Waals surface area (Å²) in [6.45, 7) is 35.4. The van der Waals surface area contributed by atoms with Crippen molar-refractivity contribution in [3.8, 4) is 0 Å². The third-order valence-electron chi connectivity index (χ3n) is 10.9. The fourth-order valence-electron chi connectivity index (χ4n) is 9.32. The summed E-state index contributed by atoms with van der Waals surface area (Å²) in [4.78, 5) is 36.2. The molecule has 2 heterocycles. The minimum absolute atomic E-state index is 0.000484. The van der Waals surface area contributed by atoms with Crippen LogP contribution in [0.15, 0.2) is 12.1 Å². The van der Waals surface area contributed by atoms with Crippen molar-refractivity contribution < 1.29 is 28.6 Å². The third-order valence-corrected chi connectivity index (χ3v) is 10.9. The molecule has 1 aromatic carbocycles. The third kappa shape index (κ3) is 18.4. The first kappa shape index (κ1) is 49.7. The Kier molecular flexibility index (Phi) is 18.2. The monoisotopic (exact) mass is 785 g/mol. The molecule has 8 nitrogen and oxygen atoms in total. The van der Waals surface area contributed by atoms with Gasteiger partial charge in [0.05, 0.1) is 6.61 Å². The van der Waals surface area contributed by atoms with Crippen molar-refractivity contribution >= 4 is 17.9 Å². The van der Waals surface area contributed by atoms with Crippen molar-refractivity contribution in [2.75, 3.05) is 6.61 Å². The molecule has 322 valence electrons. The Bertz CT molecular complexity index is 1300. The summed E-state index contributed by atoms with van der Waals surface area (Å²) in [5.74, 6) is -0.242. The Morgan fingerprint density at radius 2 is 0.929 bits per heavy atom. The molecule has 0 amide bonds. The van der Waals surface area contributed by atoms with Gasteiger partial charge in [-0.1, -0.05) is 79.4 Å². The van der Waals surface area contributed by atoms with Gasteiger partial charge in [0, 0.05) is 67.1 Å². The number of nitrogens with one attached hydrogen (secondary N) is 2. The first-order chi connectivity index (χ1) is 25.5. The molecule has 0 atom stereocenters.